The number of hydrogen-bond acceptors (Lipinski definition) is 3. The molecule has 1 fully saturated rings. The van der Waals surface area contributed by atoms with Crippen LogP contribution >= 0.6 is 0 Å². The minimum atomic E-state index is -1.30. The number of benzene rings is 3. The molecule has 5 nitrogen and oxygen atoms in total. The number of aromatic amines is 1. The van der Waals surface area contributed by atoms with Crippen molar-refractivity contribution in [2.24, 2.45) is 11.8 Å². The van der Waals surface area contributed by atoms with Crippen molar-refractivity contribution in [1.29, 1.82) is 0 Å². The molecule has 1 saturated carbocycles. The second-order valence-corrected chi connectivity index (χ2v) is 11.1. The van der Waals surface area contributed by atoms with Crippen LogP contribution in [-0.2, 0) is 6.42 Å². The summed E-state index contributed by atoms with van der Waals surface area (Å²) in [6, 6.07) is 20.7. The molecule has 1 unspecified atom stereocenters. The van der Waals surface area contributed by atoms with Gasteiger partial charge in [-0.15, -0.1) is 0 Å². The maximum atomic E-state index is 11.6. The molecule has 0 aliphatic heterocycles. The normalized spacial score (nSPS) is 18.3. The number of aromatic nitrogens is 1. The van der Waals surface area contributed by atoms with Gasteiger partial charge in [-0.05, 0) is 73.8 Å². The van der Waals surface area contributed by atoms with E-state index in [4.69, 9.17) is 9.47 Å². The standard InChI is InChI=1S/C34H37NO4/c36-34(37)39-33-30(20-10-22-38-31-21-8-14-24-13-4-5-16-26(24)31)29-19-9-18-28(32(29)35-33)27-17-7-6-15-25(27)23-11-2-1-3-12-23/h4-5,8-9,13-14,16-19,21,23,25,35H,1-3,6-7,10-12,15,20,22H2,(H,36,37). The number of carboxylic acid groups (broad SMARTS) is 1. The van der Waals surface area contributed by atoms with E-state index < -0.39 is 6.16 Å². The van der Waals surface area contributed by atoms with Gasteiger partial charge in [0.2, 0.25) is 5.88 Å². The predicted molar refractivity (Wildman–Crippen MR) is 157 cm³/mol. The molecule has 1 heterocycles. The number of aryl methyl sites for hydroxylation is 1. The van der Waals surface area contributed by atoms with Crippen molar-refractivity contribution in [2.75, 3.05) is 6.61 Å². The smallest absolute Gasteiger partial charge is 0.493 e. The summed E-state index contributed by atoms with van der Waals surface area (Å²) in [5.74, 6) is 2.53. The highest BCUT2D eigenvalue weighted by atomic mass is 16.7. The number of hydrogen-bond donors (Lipinski definition) is 2. The molecule has 39 heavy (non-hydrogen) atoms. The summed E-state index contributed by atoms with van der Waals surface area (Å²) in [6.45, 7) is 0.530. The molecule has 2 aliphatic carbocycles. The van der Waals surface area contributed by atoms with Gasteiger partial charge in [0.15, 0.2) is 0 Å². The molecule has 1 atom stereocenters. The lowest BCUT2D eigenvalue weighted by atomic mass is 9.70. The van der Waals surface area contributed by atoms with Crippen molar-refractivity contribution >= 4 is 33.4 Å². The summed E-state index contributed by atoms with van der Waals surface area (Å²) in [5.41, 5.74) is 4.54. The van der Waals surface area contributed by atoms with Crippen LogP contribution in [0.3, 0.4) is 0 Å². The summed E-state index contributed by atoms with van der Waals surface area (Å²) >= 11 is 0. The summed E-state index contributed by atoms with van der Waals surface area (Å²) in [6.07, 6.45) is 12.8. The molecule has 0 radical (unpaired) electrons. The van der Waals surface area contributed by atoms with Crippen LogP contribution in [0, 0.1) is 11.8 Å². The predicted octanol–water partition coefficient (Wildman–Crippen LogP) is 9.15. The van der Waals surface area contributed by atoms with Crippen molar-refractivity contribution in [3.05, 3.63) is 77.9 Å². The minimum Gasteiger partial charge on any atom is -0.493 e. The van der Waals surface area contributed by atoms with E-state index in [1.54, 1.807) is 0 Å². The third-order valence-corrected chi connectivity index (χ3v) is 8.68. The summed E-state index contributed by atoms with van der Waals surface area (Å²) < 4.78 is 11.5. The number of para-hydroxylation sites is 1. The first-order valence-electron chi connectivity index (χ1n) is 14.5. The molecule has 202 valence electrons. The van der Waals surface area contributed by atoms with E-state index >= 15 is 0 Å². The number of allylic oxidation sites excluding steroid dienone is 2. The molecule has 6 rings (SSSR count). The van der Waals surface area contributed by atoms with Gasteiger partial charge >= 0.3 is 6.16 Å². The second kappa shape index (κ2) is 11.6. The first-order valence-corrected chi connectivity index (χ1v) is 14.5. The Bertz CT molecular complexity index is 1490. The van der Waals surface area contributed by atoms with Gasteiger partial charge in [-0.3, -0.25) is 0 Å². The van der Waals surface area contributed by atoms with Crippen LogP contribution in [0.2, 0.25) is 0 Å². The van der Waals surface area contributed by atoms with Gasteiger partial charge in [-0.1, -0.05) is 79.9 Å². The van der Waals surface area contributed by atoms with E-state index in [2.05, 4.69) is 47.5 Å². The highest BCUT2D eigenvalue weighted by Gasteiger charge is 2.30. The fraction of sp³-hybridized carbons (Fsp3) is 0.382. The van der Waals surface area contributed by atoms with E-state index in [0.717, 1.165) is 51.7 Å². The van der Waals surface area contributed by atoms with Crippen LogP contribution in [-0.4, -0.2) is 22.9 Å². The zero-order chi connectivity index (χ0) is 26.6. The van der Waals surface area contributed by atoms with Gasteiger partial charge in [0.25, 0.3) is 0 Å². The molecule has 5 heteroatoms. The summed E-state index contributed by atoms with van der Waals surface area (Å²) in [5, 5.41) is 12.8. The van der Waals surface area contributed by atoms with Crippen LogP contribution in [0.5, 0.6) is 11.6 Å². The Labute approximate surface area is 229 Å². The Morgan fingerprint density at radius 3 is 2.56 bits per heavy atom. The van der Waals surface area contributed by atoms with Crippen molar-refractivity contribution < 1.29 is 19.4 Å². The molecule has 0 amide bonds. The zero-order valence-electron chi connectivity index (χ0n) is 22.5. The summed E-state index contributed by atoms with van der Waals surface area (Å²) in [7, 11) is 0. The average molecular weight is 524 g/mol. The molecular formula is C34H37NO4. The number of rotatable bonds is 8. The van der Waals surface area contributed by atoms with Gasteiger partial charge in [-0.25, -0.2) is 4.79 Å². The molecule has 2 aliphatic rings. The molecule has 2 N–H and O–H groups in total. The molecule has 0 saturated heterocycles. The van der Waals surface area contributed by atoms with Crippen molar-refractivity contribution in [3.63, 3.8) is 0 Å². The number of ether oxygens (including phenoxy) is 2. The third kappa shape index (κ3) is 5.40. The first-order chi connectivity index (χ1) is 19.2. The van der Waals surface area contributed by atoms with Crippen LogP contribution in [0.15, 0.2) is 66.7 Å². The lowest BCUT2D eigenvalue weighted by Gasteiger charge is -2.34. The Morgan fingerprint density at radius 2 is 1.69 bits per heavy atom. The highest BCUT2D eigenvalue weighted by molar-refractivity contribution is 5.96. The van der Waals surface area contributed by atoms with Crippen LogP contribution in [0.1, 0.15) is 68.9 Å². The lowest BCUT2D eigenvalue weighted by molar-refractivity contribution is 0.142. The zero-order valence-corrected chi connectivity index (χ0v) is 22.5. The van der Waals surface area contributed by atoms with E-state index in [9.17, 15) is 9.90 Å². The SMILES string of the molecule is O=C(O)Oc1[nH]c2c(C3=CCCCC3C3CCCCC3)cccc2c1CCCOc1cccc2ccccc12. The largest absolute Gasteiger partial charge is 0.512 e. The van der Waals surface area contributed by atoms with Gasteiger partial charge in [0, 0.05) is 21.9 Å². The Balaban J connectivity index is 1.26. The molecular weight excluding hydrogens is 486 g/mol. The van der Waals surface area contributed by atoms with Crippen molar-refractivity contribution in [3.8, 4) is 11.6 Å². The van der Waals surface area contributed by atoms with E-state index in [1.165, 1.54) is 56.1 Å². The van der Waals surface area contributed by atoms with Gasteiger partial charge in [-0.2, -0.15) is 0 Å². The average Bonchev–Trinajstić information content (AvgIpc) is 3.32. The number of fused-ring (bicyclic) bond motifs is 2. The quantitative estimate of drug-likeness (QED) is 0.178. The molecule has 1 aromatic heterocycles. The number of nitrogens with one attached hydrogen (secondary N) is 1. The second-order valence-electron chi connectivity index (χ2n) is 11.1. The lowest BCUT2D eigenvalue weighted by Crippen LogP contribution is -2.21. The maximum absolute atomic E-state index is 11.6. The Morgan fingerprint density at radius 1 is 0.897 bits per heavy atom. The van der Waals surface area contributed by atoms with Crippen LogP contribution in [0.25, 0.3) is 27.2 Å². The fourth-order valence-corrected chi connectivity index (χ4v) is 6.90. The monoisotopic (exact) mass is 523 g/mol. The summed E-state index contributed by atoms with van der Waals surface area (Å²) in [4.78, 5) is 15.0. The maximum Gasteiger partial charge on any atom is 0.512 e. The highest BCUT2D eigenvalue weighted by Crippen LogP contribution is 2.45. The first kappa shape index (κ1) is 25.5. The van der Waals surface area contributed by atoms with E-state index in [0.29, 0.717) is 24.8 Å². The fourth-order valence-electron chi connectivity index (χ4n) is 6.90. The minimum absolute atomic E-state index is 0.334. The van der Waals surface area contributed by atoms with Crippen molar-refractivity contribution in [1.82, 2.24) is 4.98 Å². The molecule has 0 spiro atoms. The van der Waals surface area contributed by atoms with Gasteiger partial charge in [0.05, 0.1) is 12.1 Å². The van der Waals surface area contributed by atoms with E-state index in [-0.39, 0.29) is 0 Å². The van der Waals surface area contributed by atoms with Gasteiger partial charge < -0.3 is 19.6 Å². The molecule has 3 aromatic carbocycles. The van der Waals surface area contributed by atoms with E-state index in [1.807, 2.05) is 24.3 Å². The van der Waals surface area contributed by atoms with Gasteiger partial charge in [0.1, 0.15) is 5.75 Å². The van der Waals surface area contributed by atoms with Crippen LogP contribution < -0.4 is 9.47 Å². The van der Waals surface area contributed by atoms with Crippen LogP contribution in [0.4, 0.5) is 4.79 Å². The molecule has 0 bridgehead atoms. The number of H-pyrrole nitrogens is 1. The Hall–Kier alpha value is -3.73. The third-order valence-electron chi connectivity index (χ3n) is 8.68. The number of carbonyl (C=O) groups is 1. The molecule has 4 aromatic rings. The van der Waals surface area contributed by atoms with Crippen molar-refractivity contribution in [2.45, 2.75) is 64.2 Å². The topological polar surface area (TPSA) is 71.5 Å². The Kier molecular flexibility index (Phi) is 7.57.